The molecule has 6 nitrogen and oxygen atoms in total. The second kappa shape index (κ2) is 8.27. The van der Waals surface area contributed by atoms with Crippen LogP contribution in [0.15, 0.2) is 18.2 Å². The molecule has 1 fully saturated rings. The maximum atomic E-state index is 12.3. The number of nitrogens with zero attached hydrogens (tertiary/aromatic N) is 4. The molecule has 1 atom stereocenters. The number of amides is 1. The van der Waals surface area contributed by atoms with Gasteiger partial charge in [-0.15, -0.1) is 0 Å². The Labute approximate surface area is 168 Å². The first-order valence-electron chi connectivity index (χ1n) is 9.87. The number of aryl methyl sites for hydroxylation is 3. The Bertz CT molecular complexity index is 877. The predicted octanol–water partition coefficient (Wildman–Crippen LogP) is 2.78. The van der Waals surface area contributed by atoms with Gasteiger partial charge in [0.15, 0.2) is 0 Å². The highest BCUT2D eigenvalue weighted by Crippen LogP contribution is 2.24. The third kappa shape index (κ3) is 4.33. The molecule has 1 amide bonds. The van der Waals surface area contributed by atoms with Crippen molar-refractivity contribution in [2.24, 2.45) is 0 Å². The van der Waals surface area contributed by atoms with Crippen LogP contribution in [-0.4, -0.2) is 54.0 Å². The Balaban J connectivity index is 1.69. The molecule has 2 aromatic rings. The molecule has 1 N–H and O–H groups in total. The lowest BCUT2D eigenvalue weighted by molar-refractivity contribution is 0.0815. The zero-order valence-electron chi connectivity index (χ0n) is 17.8. The molecule has 0 spiro atoms. The third-order valence-corrected chi connectivity index (χ3v) is 5.61. The summed E-state index contributed by atoms with van der Waals surface area (Å²) in [6, 6.07) is 7.04. The standard InChI is InChI=1S/C22H31N5O/c1-14-7-8-18(11-15(14)2)12-23-19-9-10-27(13-19)21-16(3)17(4)24-20(25-21)22(28)26(5)6/h7-8,11,19,23H,9-10,12-13H2,1-6H3/t19-/m1/s1. The van der Waals surface area contributed by atoms with E-state index in [1.807, 2.05) is 13.8 Å². The molecule has 0 radical (unpaired) electrons. The average Bonchev–Trinajstić information content (AvgIpc) is 3.13. The molecule has 1 aliphatic heterocycles. The summed E-state index contributed by atoms with van der Waals surface area (Å²) in [5.74, 6) is 0.996. The van der Waals surface area contributed by atoms with Crippen LogP contribution in [0.25, 0.3) is 0 Å². The normalized spacial score (nSPS) is 16.5. The van der Waals surface area contributed by atoms with Crippen molar-refractivity contribution in [3.05, 3.63) is 52.0 Å². The molecule has 0 saturated carbocycles. The van der Waals surface area contributed by atoms with Crippen LogP contribution in [0.2, 0.25) is 0 Å². The summed E-state index contributed by atoms with van der Waals surface area (Å²) in [7, 11) is 3.45. The lowest BCUT2D eigenvalue weighted by Gasteiger charge is -2.22. The summed E-state index contributed by atoms with van der Waals surface area (Å²) in [4.78, 5) is 25.1. The lowest BCUT2D eigenvalue weighted by Crippen LogP contribution is -2.33. The summed E-state index contributed by atoms with van der Waals surface area (Å²) in [5.41, 5.74) is 5.88. The average molecular weight is 382 g/mol. The fourth-order valence-electron chi connectivity index (χ4n) is 3.51. The van der Waals surface area contributed by atoms with Crippen LogP contribution in [0.5, 0.6) is 0 Å². The molecule has 28 heavy (non-hydrogen) atoms. The van der Waals surface area contributed by atoms with Gasteiger partial charge in [-0.2, -0.15) is 0 Å². The largest absolute Gasteiger partial charge is 0.355 e. The van der Waals surface area contributed by atoms with E-state index in [0.717, 1.165) is 43.1 Å². The van der Waals surface area contributed by atoms with Crippen molar-refractivity contribution in [1.82, 2.24) is 20.2 Å². The van der Waals surface area contributed by atoms with Crippen molar-refractivity contribution in [3.63, 3.8) is 0 Å². The number of benzene rings is 1. The van der Waals surface area contributed by atoms with Gasteiger partial charge in [0, 0.05) is 51.0 Å². The fraction of sp³-hybridized carbons (Fsp3) is 0.500. The highest BCUT2D eigenvalue weighted by Gasteiger charge is 2.26. The zero-order valence-corrected chi connectivity index (χ0v) is 17.8. The minimum Gasteiger partial charge on any atom is -0.355 e. The number of anilines is 1. The smallest absolute Gasteiger partial charge is 0.291 e. The molecule has 2 heterocycles. The number of hydrogen-bond acceptors (Lipinski definition) is 5. The van der Waals surface area contributed by atoms with Crippen molar-refractivity contribution in [2.45, 2.75) is 46.7 Å². The molecule has 0 bridgehead atoms. The summed E-state index contributed by atoms with van der Waals surface area (Å²) < 4.78 is 0. The Hall–Kier alpha value is -2.47. The molecule has 1 aromatic heterocycles. The minimum absolute atomic E-state index is 0.159. The molecule has 150 valence electrons. The van der Waals surface area contributed by atoms with Crippen LogP contribution in [0.3, 0.4) is 0 Å². The van der Waals surface area contributed by atoms with Crippen LogP contribution in [0, 0.1) is 27.7 Å². The van der Waals surface area contributed by atoms with E-state index in [4.69, 9.17) is 0 Å². The van der Waals surface area contributed by atoms with Gasteiger partial charge in [0.2, 0.25) is 5.82 Å². The summed E-state index contributed by atoms with van der Waals surface area (Å²) in [6.07, 6.45) is 1.06. The molecule has 0 unspecified atom stereocenters. The van der Waals surface area contributed by atoms with Gasteiger partial charge in [0.25, 0.3) is 5.91 Å². The maximum absolute atomic E-state index is 12.3. The van der Waals surface area contributed by atoms with Gasteiger partial charge in [0.1, 0.15) is 5.82 Å². The lowest BCUT2D eigenvalue weighted by atomic mass is 10.1. The van der Waals surface area contributed by atoms with E-state index in [1.165, 1.54) is 21.6 Å². The van der Waals surface area contributed by atoms with E-state index in [-0.39, 0.29) is 11.7 Å². The molecule has 1 aromatic carbocycles. The third-order valence-electron chi connectivity index (χ3n) is 5.61. The molecular weight excluding hydrogens is 350 g/mol. The predicted molar refractivity (Wildman–Crippen MR) is 113 cm³/mol. The maximum Gasteiger partial charge on any atom is 0.291 e. The monoisotopic (exact) mass is 381 g/mol. The Morgan fingerprint density at radius 3 is 2.61 bits per heavy atom. The Morgan fingerprint density at radius 2 is 1.93 bits per heavy atom. The van der Waals surface area contributed by atoms with Crippen LogP contribution < -0.4 is 10.2 Å². The molecule has 6 heteroatoms. The van der Waals surface area contributed by atoms with E-state index >= 15 is 0 Å². The van der Waals surface area contributed by atoms with E-state index < -0.39 is 0 Å². The molecular formula is C22H31N5O. The fourth-order valence-corrected chi connectivity index (χ4v) is 3.51. The minimum atomic E-state index is -0.159. The second-order valence-electron chi connectivity index (χ2n) is 8.01. The van der Waals surface area contributed by atoms with Crippen molar-refractivity contribution in [2.75, 3.05) is 32.1 Å². The molecule has 3 rings (SSSR count). The van der Waals surface area contributed by atoms with E-state index in [9.17, 15) is 4.79 Å². The number of carbonyl (C=O) groups is 1. The highest BCUT2D eigenvalue weighted by molar-refractivity contribution is 5.90. The number of carbonyl (C=O) groups excluding carboxylic acids is 1. The van der Waals surface area contributed by atoms with Crippen molar-refractivity contribution in [3.8, 4) is 0 Å². The second-order valence-corrected chi connectivity index (χ2v) is 8.01. The van der Waals surface area contributed by atoms with Gasteiger partial charge in [-0.05, 0) is 50.8 Å². The van der Waals surface area contributed by atoms with Crippen LogP contribution in [-0.2, 0) is 6.54 Å². The van der Waals surface area contributed by atoms with Gasteiger partial charge in [0.05, 0.1) is 0 Å². The number of rotatable bonds is 5. The van der Waals surface area contributed by atoms with Gasteiger partial charge in [-0.1, -0.05) is 18.2 Å². The van der Waals surface area contributed by atoms with Crippen LogP contribution in [0.4, 0.5) is 5.82 Å². The van der Waals surface area contributed by atoms with E-state index in [0.29, 0.717) is 6.04 Å². The molecule has 0 aliphatic carbocycles. The summed E-state index contributed by atoms with van der Waals surface area (Å²) in [5, 5.41) is 3.67. The van der Waals surface area contributed by atoms with Gasteiger partial charge < -0.3 is 15.1 Å². The summed E-state index contributed by atoms with van der Waals surface area (Å²) >= 11 is 0. The molecule has 1 aliphatic rings. The van der Waals surface area contributed by atoms with E-state index in [1.54, 1.807) is 14.1 Å². The SMILES string of the molecule is Cc1ccc(CN[C@@H]2CCN(c3nc(C(=O)N(C)C)nc(C)c3C)C2)cc1C. The molecule has 1 saturated heterocycles. The topological polar surface area (TPSA) is 61.4 Å². The number of aromatic nitrogens is 2. The van der Waals surface area contributed by atoms with Crippen molar-refractivity contribution < 1.29 is 4.79 Å². The first-order valence-corrected chi connectivity index (χ1v) is 9.87. The first-order chi connectivity index (χ1) is 13.3. The van der Waals surface area contributed by atoms with Gasteiger partial charge in [-0.25, -0.2) is 9.97 Å². The first kappa shape index (κ1) is 20.3. The highest BCUT2D eigenvalue weighted by atomic mass is 16.2. The number of nitrogens with one attached hydrogen (secondary N) is 1. The van der Waals surface area contributed by atoms with Gasteiger partial charge >= 0.3 is 0 Å². The van der Waals surface area contributed by atoms with Crippen LogP contribution in [0.1, 0.15) is 45.0 Å². The quantitative estimate of drug-likeness (QED) is 0.863. The number of hydrogen-bond donors (Lipinski definition) is 1. The summed E-state index contributed by atoms with van der Waals surface area (Å²) in [6.45, 7) is 11.0. The van der Waals surface area contributed by atoms with E-state index in [2.05, 4.69) is 52.2 Å². The zero-order chi connectivity index (χ0) is 20.4. The van der Waals surface area contributed by atoms with Crippen molar-refractivity contribution in [1.29, 1.82) is 0 Å². The van der Waals surface area contributed by atoms with Crippen LogP contribution >= 0.6 is 0 Å². The van der Waals surface area contributed by atoms with Gasteiger partial charge in [-0.3, -0.25) is 4.79 Å². The Morgan fingerprint density at radius 1 is 1.18 bits per heavy atom. The van der Waals surface area contributed by atoms with Crippen molar-refractivity contribution >= 4 is 11.7 Å². The Kier molecular flexibility index (Phi) is 5.98.